The van der Waals surface area contributed by atoms with Gasteiger partial charge < -0.3 is 9.88 Å². The largest absolute Gasteiger partial charge is 0.353 e. The number of aromatic nitrogens is 2. The topological polar surface area (TPSA) is 49.0 Å². The van der Waals surface area contributed by atoms with Gasteiger partial charge in [0.1, 0.15) is 10.7 Å². The van der Waals surface area contributed by atoms with E-state index >= 15 is 0 Å². The molecule has 0 atom stereocenters. The summed E-state index contributed by atoms with van der Waals surface area (Å²) in [5, 5.41) is 3.86. The number of carbonyl (C=O) groups excluding carboxylic acids is 1. The third-order valence-electron chi connectivity index (χ3n) is 4.90. The summed E-state index contributed by atoms with van der Waals surface area (Å²) < 4.78 is 0. The lowest BCUT2D eigenvalue weighted by atomic mass is 10.00. The van der Waals surface area contributed by atoms with Gasteiger partial charge in [-0.25, -0.2) is 4.98 Å². The molecule has 0 bridgehead atoms. The molecule has 1 N–H and O–H groups in total. The first-order valence-electron chi connectivity index (χ1n) is 8.68. The molecule has 5 rings (SSSR count). The van der Waals surface area contributed by atoms with Crippen molar-refractivity contribution in [2.24, 2.45) is 0 Å². The summed E-state index contributed by atoms with van der Waals surface area (Å²) in [5.74, 6) is 0.0121. The number of hydrogen-bond donors (Lipinski definition) is 1. The van der Waals surface area contributed by atoms with Crippen LogP contribution in [0.2, 0.25) is 0 Å². The number of nitrogens with one attached hydrogen (secondary N) is 1. The lowest BCUT2D eigenvalue weighted by Gasteiger charge is -2.28. The molecule has 0 saturated carbocycles. The van der Waals surface area contributed by atoms with Crippen molar-refractivity contribution < 1.29 is 4.79 Å². The average molecular weight is 359 g/mol. The van der Waals surface area contributed by atoms with E-state index in [1.165, 1.54) is 22.5 Å². The number of aromatic amines is 1. The third kappa shape index (κ3) is 2.61. The molecule has 1 amide bonds. The van der Waals surface area contributed by atoms with Crippen LogP contribution in [0, 0.1) is 0 Å². The van der Waals surface area contributed by atoms with Crippen molar-refractivity contribution in [3.63, 3.8) is 0 Å². The van der Waals surface area contributed by atoms with Gasteiger partial charge in [0.15, 0.2) is 0 Å². The van der Waals surface area contributed by atoms with Crippen LogP contribution in [0.4, 0.5) is 0 Å². The number of carbonyl (C=O) groups is 1. The molecule has 128 valence electrons. The Hall–Kier alpha value is -2.92. The number of fused-ring (bicyclic) bond motifs is 2. The van der Waals surface area contributed by atoms with E-state index in [4.69, 9.17) is 0 Å². The number of thiazole rings is 1. The van der Waals surface area contributed by atoms with Gasteiger partial charge >= 0.3 is 0 Å². The van der Waals surface area contributed by atoms with Crippen LogP contribution >= 0.6 is 11.3 Å². The minimum Gasteiger partial charge on any atom is -0.353 e. The number of H-pyrrole nitrogens is 1. The van der Waals surface area contributed by atoms with Crippen molar-refractivity contribution in [2.45, 2.75) is 13.0 Å². The molecule has 0 aliphatic carbocycles. The van der Waals surface area contributed by atoms with E-state index in [9.17, 15) is 4.79 Å². The Labute approximate surface area is 155 Å². The second kappa shape index (κ2) is 6.11. The summed E-state index contributed by atoms with van der Waals surface area (Å²) in [6, 6.07) is 18.6. The highest BCUT2D eigenvalue weighted by molar-refractivity contribution is 7.13. The maximum Gasteiger partial charge on any atom is 0.273 e. The lowest BCUT2D eigenvalue weighted by molar-refractivity contribution is 0.0729. The van der Waals surface area contributed by atoms with Gasteiger partial charge in [-0.1, -0.05) is 42.5 Å². The standard InChI is InChI=1S/C21H17N3OS/c25-21(24-10-9-14-5-1-2-7-16(14)12-24)19-13-26-20(23-19)18-11-15-6-3-4-8-17(15)22-18/h1-8,11,13,22H,9-10,12H2. The quantitative estimate of drug-likeness (QED) is 0.573. The predicted octanol–water partition coefficient (Wildman–Crippen LogP) is 4.49. The minimum absolute atomic E-state index is 0.0121. The van der Waals surface area contributed by atoms with Crippen LogP contribution in [0.3, 0.4) is 0 Å². The SMILES string of the molecule is O=C(c1csc(-c2cc3ccccc3[nH]2)n1)N1CCc2ccccc2C1. The molecule has 0 saturated heterocycles. The monoisotopic (exact) mass is 359 g/mol. The zero-order valence-electron chi connectivity index (χ0n) is 14.1. The summed E-state index contributed by atoms with van der Waals surface area (Å²) in [6.07, 6.45) is 0.904. The molecule has 2 aromatic heterocycles. The van der Waals surface area contributed by atoms with Gasteiger partial charge in [-0.05, 0) is 29.7 Å². The summed E-state index contributed by atoms with van der Waals surface area (Å²) in [5.41, 5.74) is 5.15. The highest BCUT2D eigenvalue weighted by Gasteiger charge is 2.23. The Bertz CT molecular complexity index is 1080. The molecule has 4 aromatic rings. The number of rotatable bonds is 2. The molecule has 0 radical (unpaired) electrons. The molecule has 0 fully saturated rings. The molecule has 0 unspecified atom stereocenters. The maximum atomic E-state index is 12.9. The fourth-order valence-electron chi connectivity index (χ4n) is 3.52. The Morgan fingerprint density at radius 1 is 1.08 bits per heavy atom. The highest BCUT2D eigenvalue weighted by atomic mass is 32.1. The molecular weight excluding hydrogens is 342 g/mol. The maximum absolute atomic E-state index is 12.9. The van der Waals surface area contributed by atoms with Gasteiger partial charge in [0, 0.05) is 29.4 Å². The van der Waals surface area contributed by atoms with E-state index in [-0.39, 0.29) is 5.91 Å². The van der Waals surface area contributed by atoms with Crippen LogP contribution in [-0.2, 0) is 13.0 Å². The lowest BCUT2D eigenvalue weighted by Crippen LogP contribution is -2.36. The number of benzene rings is 2. The molecule has 0 spiro atoms. The second-order valence-corrected chi connectivity index (χ2v) is 7.41. The van der Waals surface area contributed by atoms with Crippen molar-refractivity contribution in [1.29, 1.82) is 0 Å². The Kier molecular flexibility index (Phi) is 3.60. The van der Waals surface area contributed by atoms with E-state index in [0.29, 0.717) is 12.2 Å². The van der Waals surface area contributed by atoms with Crippen molar-refractivity contribution >= 4 is 28.1 Å². The normalized spacial score (nSPS) is 13.8. The third-order valence-corrected chi connectivity index (χ3v) is 5.78. The number of amides is 1. The van der Waals surface area contributed by atoms with Gasteiger partial charge in [0.25, 0.3) is 5.91 Å². The summed E-state index contributed by atoms with van der Waals surface area (Å²) >= 11 is 1.51. The summed E-state index contributed by atoms with van der Waals surface area (Å²) in [7, 11) is 0. The first-order chi connectivity index (χ1) is 12.8. The summed E-state index contributed by atoms with van der Waals surface area (Å²) in [6.45, 7) is 1.41. The Balaban J connectivity index is 1.40. The number of para-hydroxylation sites is 1. The number of hydrogen-bond acceptors (Lipinski definition) is 3. The van der Waals surface area contributed by atoms with Crippen molar-refractivity contribution in [2.75, 3.05) is 6.54 Å². The molecule has 4 nitrogen and oxygen atoms in total. The van der Waals surface area contributed by atoms with Gasteiger partial charge in [-0.3, -0.25) is 4.79 Å². The van der Waals surface area contributed by atoms with E-state index in [2.05, 4.69) is 40.3 Å². The van der Waals surface area contributed by atoms with E-state index in [1.54, 1.807) is 0 Å². The van der Waals surface area contributed by atoms with E-state index < -0.39 is 0 Å². The van der Waals surface area contributed by atoms with Gasteiger partial charge in [-0.15, -0.1) is 11.3 Å². The second-order valence-electron chi connectivity index (χ2n) is 6.55. The van der Waals surface area contributed by atoms with Crippen LogP contribution in [0.25, 0.3) is 21.6 Å². The van der Waals surface area contributed by atoms with Crippen molar-refractivity contribution in [3.05, 3.63) is 76.8 Å². The first-order valence-corrected chi connectivity index (χ1v) is 9.55. The molecule has 1 aliphatic rings. The van der Waals surface area contributed by atoms with E-state index in [1.807, 2.05) is 34.5 Å². The molecule has 2 aromatic carbocycles. The Morgan fingerprint density at radius 3 is 2.77 bits per heavy atom. The molecule has 3 heterocycles. The number of nitrogens with zero attached hydrogens (tertiary/aromatic N) is 2. The first kappa shape index (κ1) is 15.3. The smallest absolute Gasteiger partial charge is 0.273 e. The molecule has 1 aliphatic heterocycles. The van der Waals surface area contributed by atoms with Crippen LogP contribution < -0.4 is 0 Å². The fourth-order valence-corrected chi connectivity index (χ4v) is 4.28. The predicted molar refractivity (Wildman–Crippen MR) is 104 cm³/mol. The van der Waals surface area contributed by atoms with Crippen molar-refractivity contribution in [1.82, 2.24) is 14.9 Å². The highest BCUT2D eigenvalue weighted by Crippen LogP contribution is 2.28. The van der Waals surface area contributed by atoms with Gasteiger partial charge in [0.05, 0.1) is 5.69 Å². The van der Waals surface area contributed by atoms with Crippen LogP contribution in [-0.4, -0.2) is 27.3 Å². The molecular formula is C21H17N3OS. The fraction of sp³-hybridized carbons (Fsp3) is 0.143. The Morgan fingerprint density at radius 2 is 1.88 bits per heavy atom. The minimum atomic E-state index is 0.0121. The van der Waals surface area contributed by atoms with E-state index in [0.717, 1.165) is 34.6 Å². The van der Waals surface area contributed by atoms with Crippen molar-refractivity contribution in [3.8, 4) is 10.7 Å². The summed E-state index contributed by atoms with van der Waals surface area (Å²) in [4.78, 5) is 22.8. The van der Waals surface area contributed by atoms with Gasteiger partial charge in [-0.2, -0.15) is 0 Å². The van der Waals surface area contributed by atoms with Crippen LogP contribution in [0.5, 0.6) is 0 Å². The van der Waals surface area contributed by atoms with Gasteiger partial charge in [0.2, 0.25) is 0 Å². The zero-order valence-corrected chi connectivity index (χ0v) is 14.9. The molecule has 5 heteroatoms. The zero-order chi connectivity index (χ0) is 17.5. The van der Waals surface area contributed by atoms with Crippen LogP contribution in [0.1, 0.15) is 21.6 Å². The van der Waals surface area contributed by atoms with Crippen LogP contribution in [0.15, 0.2) is 60.0 Å². The molecule has 26 heavy (non-hydrogen) atoms. The average Bonchev–Trinajstić information content (AvgIpc) is 3.34.